The molecule has 1 fully saturated rings. The quantitative estimate of drug-likeness (QED) is 0.511. The molecule has 1 atom stereocenters. The van der Waals surface area contributed by atoms with Crippen LogP contribution in [0.25, 0.3) is 22.6 Å². The number of nitrogens with two attached hydrogens (primary N) is 1. The highest BCUT2D eigenvalue weighted by Crippen LogP contribution is 2.40. The third-order valence-corrected chi connectivity index (χ3v) is 5.59. The van der Waals surface area contributed by atoms with E-state index in [0.29, 0.717) is 12.6 Å². The summed E-state index contributed by atoms with van der Waals surface area (Å²) >= 11 is 0. The highest BCUT2D eigenvalue weighted by Gasteiger charge is 2.31. The monoisotopic (exact) mass is 399 g/mol. The molecule has 0 aliphatic heterocycles. The van der Waals surface area contributed by atoms with Gasteiger partial charge in [0, 0.05) is 54.8 Å². The fraction of sp³-hybridized carbons (Fsp3) is 0.304. The molecule has 4 aromatic rings. The minimum atomic E-state index is 0.214. The van der Waals surface area contributed by atoms with Gasteiger partial charge in [-0.15, -0.1) is 10.2 Å². The highest BCUT2D eigenvalue weighted by atomic mass is 15.3. The van der Waals surface area contributed by atoms with Crippen molar-refractivity contribution in [2.45, 2.75) is 44.8 Å². The van der Waals surface area contributed by atoms with E-state index >= 15 is 0 Å². The second-order valence-corrected chi connectivity index (χ2v) is 7.98. The molecule has 7 nitrogen and oxygen atoms in total. The van der Waals surface area contributed by atoms with Crippen LogP contribution in [0.5, 0.6) is 0 Å². The molecule has 7 heteroatoms. The summed E-state index contributed by atoms with van der Waals surface area (Å²) < 4.78 is 4.45. The first-order valence-electron chi connectivity index (χ1n) is 10.4. The number of aromatic nitrogens is 6. The molecular formula is C23H25N7. The first-order valence-corrected chi connectivity index (χ1v) is 10.4. The van der Waals surface area contributed by atoms with Crippen molar-refractivity contribution in [1.29, 1.82) is 0 Å². The Morgan fingerprint density at radius 1 is 1.10 bits per heavy atom. The van der Waals surface area contributed by atoms with E-state index in [9.17, 15) is 0 Å². The largest absolute Gasteiger partial charge is 0.336 e. The van der Waals surface area contributed by atoms with Gasteiger partial charge in [-0.25, -0.2) is 4.98 Å². The van der Waals surface area contributed by atoms with E-state index in [1.54, 1.807) is 12.4 Å². The van der Waals surface area contributed by atoms with Crippen LogP contribution < -0.4 is 5.73 Å². The van der Waals surface area contributed by atoms with E-state index in [-0.39, 0.29) is 5.92 Å². The summed E-state index contributed by atoms with van der Waals surface area (Å²) in [7, 11) is 0. The Hall–Kier alpha value is -3.32. The maximum Gasteiger partial charge on any atom is 0.164 e. The molecule has 1 unspecified atom stereocenters. The number of rotatable bonds is 7. The number of hydrogen-bond donors (Lipinski definition) is 1. The molecule has 1 saturated carbocycles. The lowest BCUT2D eigenvalue weighted by molar-refractivity contribution is 0.536. The fourth-order valence-corrected chi connectivity index (χ4v) is 3.89. The Morgan fingerprint density at radius 2 is 1.93 bits per heavy atom. The van der Waals surface area contributed by atoms with Gasteiger partial charge in [0.15, 0.2) is 5.82 Å². The molecule has 0 bridgehead atoms. The van der Waals surface area contributed by atoms with Crippen LogP contribution in [0.3, 0.4) is 0 Å². The second-order valence-electron chi connectivity index (χ2n) is 7.98. The molecule has 0 saturated heterocycles. The van der Waals surface area contributed by atoms with Gasteiger partial charge >= 0.3 is 0 Å². The fourth-order valence-electron chi connectivity index (χ4n) is 3.89. The van der Waals surface area contributed by atoms with Crippen molar-refractivity contribution in [2.75, 3.05) is 0 Å². The minimum absolute atomic E-state index is 0.214. The van der Waals surface area contributed by atoms with Crippen LogP contribution in [0.2, 0.25) is 0 Å². The SMILES string of the molecule is CC(Cn1cnc(-c2cccc(CN)c2)c1)c1nnc(-c2ccncc2)n1C1CC1. The average Bonchev–Trinajstić information content (AvgIpc) is 3.35. The van der Waals surface area contributed by atoms with Crippen LogP contribution in [0.4, 0.5) is 0 Å². The van der Waals surface area contributed by atoms with Gasteiger partial charge in [0.1, 0.15) is 5.82 Å². The zero-order chi connectivity index (χ0) is 20.5. The van der Waals surface area contributed by atoms with Gasteiger partial charge in [0.05, 0.1) is 12.0 Å². The summed E-state index contributed by atoms with van der Waals surface area (Å²) in [5, 5.41) is 9.11. The Kier molecular flexibility index (Phi) is 4.88. The molecule has 30 heavy (non-hydrogen) atoms. The number of pyridine rings is 1. The van der Waals surface area contributed by atoms with Crippen molar-refractivity contribution < 1.29 is 0 Å². The zero-order valence-corrected chi connectivity index (χ0v) is 17.0. The van der Waals surface area contributed by atoms with E-state index in [0.717, 1.165) is 40.6 Å². The number of benzene rings is 1. The lowest BCUT2D eigenvalue weighted by Gasteiger charge is -2.15. The van der Waals surface area contributed by atoms with Gasteiger partial charge in [-0.2, -0.15) is 0 Å². The molecule has 2 N–H and O–H groups in total. The minimum Gasteiger partial charge on any atom is -0.336 e. The van der Waals surface area contributed by atoms with Gasteiger partial charge in [-0.1, -0.05) is 25.1 Å². The van der Waals surface area contributed by atoms with Crippen LogP contribution in [0.15, 0.2) is 61.3 Å². The zero-order valence-electron chi connectivity index (χ0n) is 17.0. The van der Waals surface area contributed by atoms with E-state index in [4.69, 9.17) is 5.73 Å². The molecule has 0 spiro atoms. The third kappa shape index (κ3) is 3.64. The predicted octanol–water partition coefficient (Wildman–Crippen LogP) is 3.80. The van der Waals surface area contributed by atoms with E-state index < -0.39 is 0 Å². The lowest BCUT2D eigenvalue weighted by atomic mass is 10.1. The summed E-state index contributed by atoms with van der Waals surface area (Å²) in [5.41, 5.74) is 9.99. The summed E-state index contributed by atoms with van der Waals surface area (Å²) in [6, 6.07) is 12.7. The van der Waals surface area contributed by atoms with Crippen LogP contribution >= 0.6 is 0 Å². The summed E-state index contributed by atoms with van der Waals surface area (Å²) in [5.74, 6) is 2.18. The van der Waals surface area contributed by atoms with E-state index in [1.807, 2.05) is 30.6 Å². The van der Waals surface area contributed by atoms with Crippen molar-refractivity contribution in [3.63, 3.8) is 0 Å². The number of imidazole rings is 1. The maximum absolute atomic E-state index is 5.78. The van der Waals surface area contributed by atoms with Crippen molar-refractivity contribution in [2.24, 2.45) is 5.73 Å². The summed E-state index contributed by atoms with van der Waals surface area (Å²) in [4.78, 5) is 8.73. The van der Waals surface area contributed by atoms with Crippen LogP contribution in [-0.2, 0) is 13.1 Å². The maximum atomic E-state index is 5.78. The van der Waals surface area contributed by atoms with E-state index in [2.05, 4.69) is 54.6 Å². The van der Waals surface area contributed by atoms with Crippen LogP contribution in [0, 0.1) is 0 Å². The van der Waals surface area contributed by atoms with Crippen molar-refractivity contribution in [1.82, 2.24) is 29.3 Å². The molecule has 3 heterocycles. The molecule has 5 rings (SSSR count). The van der Waals surface area contributed by atoms with Gasteiger partial charge in [-0.3, -0.25) is 4.98 Å². The van der Waals surface area contributed by atoms with Gasteiger partial charge in [0.25, 0.3) is 0 Å². The second kappa shape index (κ2) is 7.84. The smallest absolute Gasteiger partial charge is 0.164 e. The molecular weight excluding hydrogens is 374 g/mol. The first kappa shape index (κ1) is 18.7. The van der Waals surface area contributed by atoms with E-state index in [1.165, 1.54) is 12.8 Å². The molecule has 1 aliphatic carbocycles. The number of nitrogens with zero attached hydrogens (tertiary/aromatic N) is 6. The van der Waals surface area contributed by atoms with Crippen molar-refractivity contribution >= 4 is 0 Å². The normalized spacial score (nSPS) is 14.7. The molecule has 152 valence electrons. The number of hydrogen-bond acceptors (Lipinski definition) is 5. The standard InChI is InChI=1S/C23H25N7/c1-16(13-29-14-21(26-15-29)19-4-2-3-17(11-19)12-24)22-27-28-23(30(22)20-5-6-20)18-7-9-25-10-8-18/h2-4,7-11,14-16,20H,5-6,12-13,24H2,1H3. The Morgan fingerprint density at radius 3 is 2.70 bits per heavy atom. The molecule has 1 aromatic carbocycles. The van der Waals surface area contributed by atoms with Crippen molar-refractivity contribution in [3.8, 4) is 22.6 Å². The van der Waals surface area contributed by atoms with Gasteiger partial charge in [-0.05, 0) is 36.6 Å². The van der Waals surface area contributed by atoms with Crippen molar-refractivity contribution in [3.05, 3.63) is 72.7 Å². The molecule has 1 aliphatic rings. The predicted molar refractivity (Wildman–Crippen MR) is 115 cm³/mol. The molecule has 0 amide bonds. The first-order chi connectivity index (χ1) is 14.7. The van der Waals surface area contributed by atoms with Gasteiger partial charge < -0.3 is 14.9 Å². The third-order valence-electron chi connectivity index (χ3n) is 5.59. The van der Waals surface area contributed by atoms with Crippen LogP contribution in [-0.4, -0.2) is 29.3 Å². The highest BCUT2D eigenvalue weighted by molar-refractivity contribution is 5.59. The average molecular weight is 400 g/mol. The topological polar surface area (TPSA) is 87.4 Å². The molecule has 3 aromatic heterocycles. The summed E-state index contributed by atoms with van der Waals surface area (Å²) in [6.45, 7) is 3.53. The Labute approximate surface area is 175 Å². The molecule has 0 radical (unpaired) electrons. The summed E-state index contributed by atoms with van der Waals surface area (Å²) in [6.07, 6.45) is 9.95. The Balaban J connectivity index is 1.39. The van der Waals surface area contributed by atoms with Crippen LogP contribution in [0.1, 0.15) is 43.1 Å². The lowest BCUT2D eigenvalue weighted by Crippen LogP contribution is -2.12. The van der Waals surface area contributed by atoms with Gasteiger partial charge in [0.2, 0.25) is 0 Å². The Bertz CT molecular complexity index is 1140.